The summed E-state index contributed by atoms with van der Waals surface area (Å²) in [5.74, 6) is 0.472. The second kappa shape index (κ2) is 5.20. The Morgan fingerprint density at radius 2 is 2.30 bits per heavy atom. The van der Waals surface area contributed by atoms with E-state index in [1.807, 2.05) is 11.8 Å². The van der Waals surface area contributed by atoms with Crippen LogP contribution in [0.25, 0.3) is 0 Å². The van der Waals surface area contributed by atoms with Gasteiger partial charge in [-0.25, -0.2) is 0 Å². The van der Waals surface area contributed by atoms with Crippen LogP contribution in [0.15, 0.2) is 24.3 Å². The molecule has 0 saturated heterocycles. The third-order valence-electron chi connectivity index (χ3n) is 3.40. The molecular weight excluding hydrogens is 278 g/mol. The molecule has 1 aromatic heterocycles. The number of aromatic amines is 1. The van der Waals surface area contributed by atoms with E-state index in [-0.39, 0.29) is 18.0 Å². The Kier molecular flexibility index (Phi) is 3.40. The molecule has 1 aromatic carbocycles. The van der Waals surface area contributed by atoms with Gasteiger partial charge in [-0.2, -0.15) is 5.21 Å². The van der Waals surface area contributed by atoms with Crippen LogP contribution in [-0.2, 0) is 0 Å². The van der Waals surface area contributed by atoms with Crippen molar-refractivity contribution in [1.29, 1.82) is 0 Å². The fourth-order valence-corrected chi connectivity index (χ4v) is 2.44. The molecule has 20 heavy (non-hydrogen) atoms. The van der Waals surface area contributed by atoms with E-state index in [4.69, 9.17) is 11.6 Å². The monoisotopic (exact) mass is 291 g/mol. The fourth-order valence-electron chi connectivity index (χ4n) is 2.25. The van der Waals surface area contributed by atoms with Crippen molar-refractivity contribution in [2.45, 2.75) is 31.8 Å². The maximum atomic E-state index is 12.7. The predicted octanol–water partition coefficient (Wildman–Crippen LogP) is 2.22. The summed E-state index contributed by atoms with van der Waals surface area (Å²) in [7, 11) is 0. The largest absolute Gasteiger partial charge is 0.326 e. The highest BCUT2D eigenvalue weighted by Gasteiger charge is 2.38. The highest BCUT2D eigenvalue weighted by Crippen LogP contribution is 2.34. The van der Waals surface area contributed by atoms with Gasteiger partial charge in [0, 0.05) is 16.6 Å². The first-order chi connectivity index (χ1) is 9.66. The van der Waals surface area contributed by atoms with Crippen LogP contribution < -0.4 is 0 Å². The Morgan fingerprint density at radius 3 is 2.90 bits per heavy atom. The first-order valence-electron chi connectivity index (χ1n) is 6.48. The molecule has 1 aliphatic rings. The number of carbonyl (C=O) groups excluding carboxylic acids is 1. The van der Waals surface area contributed by atoms with E-state index in [0.29, 0.717) is 16.4 Å². The predicted molar refractivity (Wildman–Crippen MR) is 73.2 cm³/mol. The van der Waals surface area contributed by atoms with Crippen LogP contribution in [0, 0.1) is 0 Å². The highest BCUT2D eigenvalue weighted by molar-refractivity contribution is 6.30. The Morgan fingerprint density at radius 1 is 1.50 bits per heavy atom. The number of nitrogens with zero attached hydrogens (tertiary/aromatic N) is 4. The molecule has 1 N–H and O–H groups in total. The van der Waals surface area contributed by atoms with Gasteiger partial charge in [-0.15, -0.1) is 10.2 Å². The van der Waals surface area contributed by atoms with Crippen molar-refractivity contribution < 1.29 is 4.79 Å². The van der Waals surface area contributed by atoms with E-state index in [0.717, 1.165) is 12.8 Å². The molecule has 1 heterocycles. The van der Waals surface area contributed by atoms with Crippen LogP contribution in [-0.4, -0.2) is 37.5 Å². The zero-order chi connectivity index (χ0) is 14.1. The molecular formula is C13H14ClN5O. The van der Waals surface area contributed by atoms with Gasteiger partial charge in [0.15, 0.2) is 5.82 Å². The van der Waals surface area contributed by atoms with Crippen LogP contribution in [0.3, 0.4) is 0 Å². The van der Waals surface area contributed by atoms with Crippen molar-refractivity contribution in [3.05, 3.63) is 40.7 Å². The van der Waals surface area contributed by atoms with Gasteiger partial charge in [-0.1, -0.05) is 22.9 Å². The van der Waals surface area contributed by atoms with Gasteiger partial charge in [0.2, 0.25) is 0 Å². The summed E-state index contributed by atoms with van der Waals surface area (Å²) < 4.78 is 0. The summed E-state index contributed by atoms with van der Waals surface area (Å²) in [5.41, 5.74) is 0.583. The molecule has 1 fully saturated rings. The summed E-state index contributed by atoms with van der Waals surface area (Å²) in [6.07, 6.45) is 2.02. The van der Waals surface area contributed by atoms with E-state index in [1.165, 1.54) is 0 Å². The summed E-state index contributed by atoms with van der Waals surface area (Å²) >= 11 is 5.96. The molecule has 0 radical (unpaired) electrons. The van der Waals surface area contributed by atoms with E-state index >= 15 is 0 Å². The maximum Gasteiger partial charge on any atom is 0.254 e. The van der Waals surface area contributed by atoms with Gasteiger partial charge < -0.3 is 4.90 Å². The van der Waals surface area contributed by atoms with Crippen molar-refractivity contribution in [3.63, 3.8) is 0 Å². The minimum atomic E-state index is -0.215. The zero-order valence-corrected chi connectivity index (χ0v) is 11.7. The van der Waals surface area contributed by atoms with Crippen molar-refractivity contribution in [3.8, 4) is 0 Å². The number of nitrogens with one attached hydrogen (secondary N) is 1. The molecule has 1 atom stereocenters. The zero-order valence-electron chi connectivity index (χ0n) is 11.0. The van der Waals surface area contributed by atoms with E-state index in [2.05, 4.69) is 20.6 Å². The van der Waals surface area contributed by atoms with Crippen LogP contribution >= 0.6 is 11.6 Å². The fraction of sp³-hybridized carbons (Fsp3) is 0.385. The van der Waals surface area contributed by atoms with Crippen molar-refractivity contribution in [2.24, 2.45) is 0 Å². The lowest BCUT2D eigenvalue weighted by molar-refractivity contribution is 0.0666. The topological polar surface area (TPSA) is 74.8 Å². The lowest BCUT2D eigenvalue weighted by atomic mass is 10.1. The molecule has 1 saturated carbocycles. The number of carbonyl (C=O) groups is 1. The number of aromatic nitrogens is 4. The first kappa shape index (κ1) is 13.1. The minimum Gasteiger partial charge on any atom is -0.326 e. The van der Waals surface area contributed by atoms with Crippen molar-refractivity contribution in [1.82, 2.24) is 25.5 Å². The molecule has 1 unspecified atom stereocenters. The molecule has 3 rings (SSSR count). The lowest BCUT2D eigenvalue weighted by Crippen LogP contribution is -2.36. The van der Waals surface area contributed by atoms with Gasteiger partial charge in [0.05, 0.1) is 6.04 Å². The Balaban J connectivity index is 1.89. The molecule has 7 heteroatoms. The van der Waals surface area contributed by atoms with E-state index in [1.54, 1.807) is 24.3 Å². The van der Waals surface area contributed by atoms with Crippen LogP contribution in [0.5, 0.6) is 0 Å². The number of hydrogen-bond donors (Lipinski definition) is 1. The lowest BCUT2D eigenvalue weighted by Gasteiger charge is -2.27. The molecule has 0 spiro atoms. The van der Waals surface area contributed by atoms with Crippen LogP contribution in [0.1, 0.15) is 42.0 Å². The molecule has 0 bridgehead atoms. The van der Waals surface area contributed by atoms with Gasteiger partial charge in [0.25, 0.3) is 5.91 Å². The summed E-state index contributed by atoms with van der Waals surface area (Å²) in [6, 6.07) is 7.01. The molecule has 1 aliphatic carbocycles. The van der Waals surface area contributed by atoms with Gasteiger partial charge in [-0.05, 0) is 38.0 Å². The summed E-state index contributed by atoms with van der Waals surface area (Å²) in [5, 5.41) is 14.5. The number of tetrazole rings is 1. The number of rotatable bonds is 4. The number of amides is 1. The first-order valence-corrected chi connectivity index (χ1v) is 6.86. The standard InChI is InChI=1S/C13H14ClN5O/c1-8(12-15-17-18-16-12)19(11-5-6-11)13(20)9-3-2-4-10(14)7-9/h2-4,7-8,11H,5-6H2,1H3,(H,15,16,17,18). The molecule has 0 aliphatic heterocycles. The average molecular weight is 292 g/mol. The third-order valence-corrected chi connectivity index (χ3v) is 3.63. The third kappa shape index (κ3) is 2.51. The second-order valence-corrected chi connectivity index (χ2v) is 5.34. The van der Waals surface area contributed by atoms with E-state index in [9.17, 15) is 4.79 Å². The normalized spacial score (nSPS) is 15.9. The van der Waals surface area contributed by atoms with Gasteiger partial charge in [-0.3, -0.25) is 4.79 Å². The van der Waals surface area contributed by atoms with E-state index < -0.39 is 0 Å². The van der Waals surface area contributed by atoms with Crippen LogP contribution in [0.2, 0.25) is 5.02 Å². The minimum absolute atomic E-state index is 0.0488. The average Bonchev–Trinajstić information content (AvgIpc) is 3.11. The maximum absolute atomic E-state index is 12.7. The molecule has 104 valence electrons. The SMILES string of the molecule is CC(c1nn[nH]n1)N(C(=O)c1cccc(Cl)c1)C1CC1. The molecule has 1 amide bonds. The molecule has 2 aromatic rings. The Bertz CT molecular complexity index is 611. The van der Waals surface area contributed by atoms with Gasteiger partial charge in [0.1, 0.15) is 0 Å². The summed E-state index contributed by atoms with van der Waals surface area (Å²) in [4.78, 5) is 14.5. The number of hydrogen-bond acceptors (Lipinski definition) is 4. The molecule has 6 nitrogen and oxygen atoms in total. The van der Waals surface area contributed by atoms with Crippen LogP contribution in [0.4, 0.5) is 0 Å². The van der Waals surface area contributed by atoms with Gasteiger partial charge >= 0.3 is 0 Å². The Labute approximate surface area is 121 Å². The Hall–Kier alpha value is -1.95. The smallest absolute Gasteiger partial charge is 0.254 e. The number of halogens is 1. The number of benzene rings is 1. The van der Waals surface area contributed by atoms with Crippen molar-refractivity contribution in [2.75, 3.05) is 0 Å². The summed E-state index contributed by atoms with van der Waals surface area (Å²) in [6.45, 7) is 1.91. The number of H-pyrrole nitrogens is 1. The quantitative estimate of drug-likeness (QED) is 0.937. The second-order valence-electron chi connectivity index (χ2n) is 4.90. The highest BCUT2D eigenvalue weighted by atomic mass is 35.5. The van der Waals surface area contributed by atoms with Crippen molar-refractivity contribution >= 4 is 17.5 Å².